The van der Waals surface area contributed by atoms with Crippen LogP contribution in [0.3, 0.4) is 0 Å². The maximum absolute atomic E-state index is 5.42. The molecular formula is C16H16Br2O2S. The van der Waals surface area contributed by atoms with Crippen molar-refractivity contribution < 1.29 is 9.47 Å². The molecule has 112 valence electrons. The zero-order valence-electron chi connectivity index (χ0n) is 11.9. The molecule has 2 nitrogen and oxygen atoms in total. The molecule has 1 unspecified atom stereocenters. The lowest BCUT2D eigenvalue weighted by atomic mass is 10.1. The molecule has 0 radical (unpaired) electrons. The number of aryl methyl sites for hydroxylation is 2. The van der Waals surface area contributed by atoms with Crippen LogP contribution in [0.5, 0.6) is 11.5 Å². The van der Waals surface area contributed by atoms with Crippen LogP contribution in [0, 0.1) is 0 Å². The summed E-state index contributed by atoms with van der Waals surface area (Å²) in [5, 5.41) is 0. The van der Waals surface area contributed by atoms with Gasteiger partial charge in [-0.2, -0.15) is 0 Å². The Labute approximate surface area is 145 Å². The van der Waals surface area contributed by atoms with Crippen molar-refractivity contribution in [1.29, 1.82) is 0 Å². The van der Waals surface area contributed by atoms with Crippen molar-refractivity contribution in [3.63, 3.8) is 0 Å². The van der Waals surface area contributed by atoms with Gasteiger partial charge in [0.25, 0.3) is 0 Å². The first kappa shape index (κ1) is 15.4. The quantitative estimate of drug-likeness (QED) is 0.595. The fourth-order valence-corrected chi connectivity index (χ4v) is 5.60. The standard InChI is InChI=1S/C16H16Br2O2S/c1-19-12-7-10(11(17)8-13(12)20-2)16(18)15-6-9-4-3-5-14(9)21-15/h6-8,16H,3-5H2,1-2H3. The molecule has 5 heteroatoms. The molecule has 1 aromatic heterocycles. The van der Waals surface area contributed by atoms with Gasteiger partial charge >= 0.3 is 0 Å². The molecule has 0 aliphatic heterocycles. The van der Waals surface area contributed by atoms with Crippen LogP contribution in [0.1, 0.15) is 32.1 Å². The normalized spacial score (nSPS) is 14.9. The fraction of sp³-hybridized carbons (Fsp3) is 0.375. The molecule has 1 aliphatic rings. The molecule has 0 bridgehead atoms. The maximum atomic E-state index is 5.42. The Morgan fingerprint density at radius 3 is 2.48 bits per heavy atom. The van der Waals surface area contributed by atoms with Gasteiger partial charge < -0.3 is 9.47 Å². The number of methoxy groups -OCH3 is 2. The maximum Gasteiger partial charge on any atom is 0.161 e. The van der Waals surface area contributed by atoms with Crippen LogP contribution in [0.4, 0.5) is 0 Å². The second-order valence-electron chi connectivity index (χ2n) is 5.04. The zero-order valence-corrected chi connectivity index (χ0v) is 15.9. The Hall–Kier alpha value is -0.520. The first-order chi connectivity index (χ1) is 10.1. The van der Waals surface area contributed by atoms with Gasteiger partial charge in [0.15, 0.2) is 11.5 Å². The molecule has 21 heavy (non-hydrogen) atoms. The summed E-state index contributed by atoms with van der Waals surface area (Å²) in [6, 6.07) is 6.34. The lowest BCUT2D eigenvalue weighted by Crippen LogP contribution is -1.96. The second kappa shape index (κ2) is 6.31. The van der Waals surface area contributed by atoms with Crippen LogP contribution >= 0.6 is 43.2 Å². The van der Waals surface area contributed by atoms with Gasteiger partial charge in [-0.25, -0.2) is 0 Å². The Bertz CT molecular complexity index is 645. The lowest BCUT2D eigenvalue weighted by Gasteiger charge is -2.15. The van der Waals surface area contributed by atoms with Crippen molar-refractivity contribution in [3.05, 3.63) is 43.6 Å². The molecular weight excluding hydrogens is 416 g/mol. The van der Waals surface area contributed by atoms with E-state index >= 15 is 0 Å². The van der Waals surface area contributed by atoms with Gasteiger partial charge in [-0.15, -0.1) is 11.3 Å². The first-order valence-electron chi connectivity index (χ1n) is 6.81. The Morgan fingerprint density at radius 1 is 1.10 bits per heavy atom. The first-order valence-corrected chi connectivity index (χ1v) is 9.33. The average Bonchev–Trinajstić information content (AvgIpc) is 3.07. The molecule has 0 amide bonds. The monoisotopic (exact) mass is 430 g/mol. The Balaban J connectivity index is 1.98. The van der Waals surface area contributed by atoms with E-state index in [-0.39, 0.29) is 4.83 Å². The molecule has 0 saturated heterocycles. The summed E-state index contributed by atoms with van der Waals surface area (Å²) in [6.45, 7) is 0. The van der Waals surface area contributed by atoms with E-state index in [0.29, 0.717) is 0 Å². The Morgan fingerprint density at radius 2 is 1.81 bits per heavy atom. The molecule has 1 aliphatic carbocycles. The van der Waals surface area contributed by atoms with Crippen LogP contribution < -0.4 is 9.47 Å². The Kier molecular flexibility index (Phi) is 4.62. The topological polar surface area (TPSA) is 18.5 Å². The van der Waals surface area contributed by atoms with Crippen molar-refractivity contribution in [2.24, 2.45) is 0 Å². The number of hydrogen-bond donors (Lipinski definition) is 0. The SMILES string of the molecule is COc1cc(Br)c(C(Br)c2cc3c(s2)CCC3)cc1OC. The summed E-state index contributed by atoms with van der Waals surface area (Å²) < 4.78 is 11.8. The summed E-state index contributed by atoms with van der Waals surface area (Å²) in [5.74, 6) is 1.49. The summed E-state index contributed by atoms with van der Waals surface area (Å²) in [6.07, 6.45) is 3.75. The largest absolute Gasteiger partial charge is 0.493 e. The molecule has 1 aromatic carbocycles. The smallest absolute Gasteiger partial charge is 0.161 e. The molecule has 3 rings (SSSR count). The van der Waals surface area contributed by atoms with Gasteiger partial charge in [0, 0.05) is 14.2 Å². The molecule has 1 atom stereocenters. The summed E-state index contributed by atoms with van der Waals surface area (Å²) >= 11 is 9.40. The van der Waals surface area contributed by atoms with Crippen molar-refractivity contribution in [2.45, 2.75) is 24.1 Å². The van der Waals surface area contributed by atoms with E-state index in [1.165, 1.54) is 29.7 Å². The van der Waals surface area contributed by atoms with Crippen LogP contribution in [0.25, 0.3) is 0 Å². The van der Waals surface area contributed by atoms with Gasteiger partial charge in [-0.1, -0.05) is 31.9 Å². The lowest BCUT2D eigenvalue weighted by molar-refractivity contribution is 0.354. The summed E-state index contributed by atoms with van der Waals surface area (Å²) in [5.41, 5.74) is 2.68. The third kappa shape index (κ3) is 2.88. The molecule has 1 heterocycles. The highest BCUT2D eigenvalue weighted by atomic mass is 79.9. The third-order valence-corrected chi connectivity index (χ3v) is 7.07. The van der Waals surface area contributed by atoms with Gasteiger partial charge in [-0.3, -0.25) is 0 Å². The van der Waals surface area contributed by atoms with Gasteiger partial charge in [0.05, 0.1) is 19.0 Å². The number of rotatable bonds is 4. The number of alkyl halides is 1. The number of fused-ring (bicyclic) bond motifs is 1. The van der Waals surface area contributed by atoms with E-state index in [9.17, 15) is 0 Å². The summed E-state index contributed by atoms with van der Waals surface area (Å²) in [4.78, 5) is 3.07. The van der Waals surface area contributed by atoms with E-state index in [4.69, 9.17) is 9.47 Å². The van der Waals surface area contributed by atoms with E-state index in [2.05, 4.69) is 37.9 Å². The van der Waals surface area contributed by atoms with Crippen molar-refractivity contribution in [2.75, 3.05) is 14.2 Å². The van der Waals surface area contributed by atoms with Gasteiger partial charge in [0.2, 0.25) is 0 Å². The number of halogens is 2. The third-order valence-electron chi connectivity index (χ3n) is 3.79. The van der Waals surface area contributed by atoms with Crippen LogP contribution in [-0.2, 0) is 12.8 Å². The zero-order chi connectivity index (χ0) is 15.0. The van der Waals surface area contributed by atoms with Crippen molar-refractivity contribution >= 4 is 43.2 Å². The predicted octanol–water partition coefficient (Wildman–Crippen LogP) is 5.50. The summed E-state index contributed by atoms with van der Waals surface area (Å²) in [7, 11) is 3.32. The number of benzene rings is 1. The van der Waals surface area contributed by atoms with E-state index in [0.717, 1.165) is 21.5 Å². The molecule has 0 spiro atoms. The van der Waals surface area contributed by atoms with Crippen LogP contribution in [0.2, 0.25) is 0 Å². The van der Waals surface area contributed by atoms with Crippen molar-refractivity contribution in [3.8, 4) is 11.5 Å². The highest BCUT2D eigenvalue weighted by molar-refractivity contribution is 9.11. The molecule has 0 fully saturated rings. The highest BCUT2D eigenvalue weighted by Crippen LogP contribution is 2.45. The minimum Gasteiger partial charge on any atom is -0.493 e. The molecule has 0 N–H and O–H groups in total. The molecule has 0 saturated carbocycles. The van der Waals surface area contributed by atoms with E-state index in [1.54, 1.807) is 19.1 Å². The second-order valence-corrected chi connectivity index (χ2v) is 7.98. The molecule has 2 aromatic rings. The average molecular weight is 432 g/mol. The minimum absolute atomic E-state index is 0.169. The number of ether oxygens (including phenoxy) is 2. The van der Waals surface area contributed by atoms with Crippen LogP contribution in [0.15, 0.2) is 22.7 Å². The van der Waals surface area contributed by atoms with Crippen molar-refractivity contribution in [1.82, 2.24) is 0 Å². The van der Waals surface area contributed by atoms with Gasteiger partial charge in [0.1, 0.15) is 0 Å². The predicted molar refractivity (Wildman–Crippen MR) is 94.4 cm³/mol. The fourth-order valence-electron chi connectivity index (χ4n) is 2.69. The number of thiophene rings is 1. The highest BCUT2D eigenvalue weighted by Gasteiger charge is 2.22. The minimum atomic E-state index is 0.169. The van der Waals surface area contributed by atoms with Gasteiger partial charge in [-0.05, 0) is 48.6 Å². The van der Waals surface area contributed by atoms with Crippen LogP contribution in [-0.4, -0.2) is 14.2 Å². The van der Waals surface area contributed by atoms with E-state index < -0.39 is 0 Å². The number of hydrogen-bond acceptors (Lipinski definition) is 3. The van der Waals surface area contributed by atoms with E-state index in [1.807, 2.05) is 23.5 Å².